The number of unbranched alkanes of at least 4 members (excludes halogenated alkanes) is 2. The fourth-order valence-electron chi connectivity index (χ4n) is 2.47. The minimum atomic E-state index is -0.149. The molecular formula is C20H26N2O3. The molecule has 0 aliphatic heterocycles. The smallest absolute Gasteiger partial charge is 0.251 e. The number of benzene rings is 1. The third-order valence-corrected chi connectivity index (χ3v) is 3.98. The summed E-state index contributed by atoms with van der Waals surface area (Å²) in [5.41, 5.74) is 1.55. The van der Waals surface area contributed by atoms with Gasteiger partial charge in [0.2, 0.25) is 0 Å². The zero-order valence-electron chi connectivity index (χ0n) is 15.1. The van der Waals surface area contributed by atoms with Gasteiger partial charge in [-0.3, -0.25) is 9.78 Å². The van der Waals surface area contributed by atoms with Crippen LogP contribution in [-0.2, 0) is 0 Å². The zero-order chi connectivity index (χ0) is 18.1. The second-order valence-electron chi connectivity index (χ2n) is 5.90. The van der Waals surface area contributed by atoms with Gasteiger partial charge in [0.05, 0.1) is 19.8 Å². The summed E-state index contributed by atoms with van der Waals surface area (Å²) in [7, 11) is 1.62. The van der Waals surface area contributed by atoms with E-state index >= 15 is 0 Å². The van der Waals surface area contributed by atoms with Crippen LogP contribution in [0.5, 0.6) is 11.5 Å². The molecule has 0 fully saturated rings. The summed E-state index contributed by atoms with van der Waals surface area (Å²) in [4.78, 5) is 16.2. The van der Waals surface area contributed by atoms with Crippen LogP contribution in [0, 0.1) is 0 Å². The van der Waals surface area contributed by atoms with E-state index in [0.29, 0.717) is 17.9 Å². The summed E-state index contributed by atoms with van der Waals surface area (Å²) >= 11 is 0. The van der Waals surface area contributed by atoms with E-state index in [4.69, 9.17) is 9.47 Å². The van der Waals surface area contributed by atoms with Gasteiger partial charge in [0.1, 0.15) is 0 Å². The summed E-state index contributed by atoms with van der Waals surface area (Å²) in [6.07, 6.45) is 6.55. The second kappa shape index (κ2) is 9.67. The summed E-state index contributed by atoms with van der Waals surface area (Å²) in [6, 6.07) is 8.99. The number of pyridine rings is 1. The standard InChI is InChI=1S/C20H26N2O3/c1-4-5-6-13-25-18-8-7-17(14-19(18)24-3)15(2)22-20(23)16-9-11-21-12-10-16/h7-12,14-15H,4-6,13H2,1-3H3,(H,22,23). The molecule has 25 heavy (non-hydrogen) atoms. The Kier molecular flexibility index (Phi) is 7.26. The zero-order valence-corrected chi connectivity index (χ0v) is 15.1. The molecule has 1 heterocycles. The predicted octanol–water partition coefficient (Wildman–Crippen LogP) is 4.15. The first-order valence-corrected chi connectivity index (χ1v) is 8.67. The number of nitrogens with zero attached hydrogens (tertiary/aromatic N) is 1. The Morgan fingerprint density at radius 3 is 2.60 bits per heavy atom. The lowest BCUT2D eigenvalue weighted by Crippen LogP contribution is -2.26. The summed E-state index contributed by atoms with van der Waals surface area (Å²) in [5.74, 6) is 1.28. The van der Waals surface area contributed by atoms with Crippen molar-refractivity contribution in [1.82, 2.24) is 10.3 Å². The number of rotatable bonds is 9. The van der Waals surface area contributed by atoms with Crippen molar-refractivity contribution in [2.75, 3.05) is 13.7 Å². The SMILES string of the molecule is CCCCCOc1ccc(C(C)NC(=O)c2ccncc2)cc1OC. The highest BCUT2D eigenvalue weighted by atomic mass is 16.5. The average Bonchev–Trinajstić information content (AvgIpc) is 2.65. The molecule has 5 nitrogen and oxygen atoms in total. The van der Waals surface area contributed by atoms with Crippen molar-refractivity contribution < 1.29 is 14.3 Å². The third-order valence-electron chi connectivity index (χ3n) is 3.98. The van der Waals surface area contributed by atoms with Gasteiger partial charge in [-0.25, -0.2) is 0 Å². The van der Waals surface area contributed by atoms with E-state index in [1.165, 1.54) is 0 Å². The van der Waals surface area contributed by atoms with Crippen molar-refractivity contribution in [1.29, 1.82) is 0 Å². The van der Waals surface area contributed by atoms with Crippen LogP contribution >= 0.6 is 0 Å². The third kappa shape index (κ3) is 5.48. The lowest BCUT2D eigenvalue weighted by molar-refractivity contribution is 0.0939. The Morgan fingerprint density at radius 1 is 1.16 bits per heavy atom. The normalized spacial score (nSPS) is 11.6. The van der Waals surface area contributed by atoms with Crippen LogP contribution in [0.15, 0.2) is 42.7 Å². The quantitative estimate of drug-likeness (QED) is 0.696. The first-order valence-electron chi connectivity index (χ1n) is 8.67. The van der Waals surface area contributed by atoms with Gasteiger partial charge in [-0.05, 0) is 43.2 Å². The number of nitrogens with one attached hydrogen (secondary N) is 1. The average molecular weight is 342 g/mol. The van der Waals surface area contributed by atoms with Gasteiger partial charge in [0.25, 0.3) is 5.91 Å². The maximum Gasteiger partial charge on any atom is 0.251 e. The van der Waals surface area contributed by atoms with E-state index in [1.54, 1.807) is 31.6 Å². The van der Waals surface area contributed by atoms with Crippen molar-refractivity contribution in [2.45, 2.75) is 39.2 Å². The molecule has 1 unspecified atom stereocenters. The largest absolute Gasteiger partial charge is 0.493 e. The molecule has 0 aliphatic carbocycles. The Morgan fingerprint density at radius 2 is 1.92 bits per heavy atom. The van der Waals surface area contributed by atoms with E-state index in [1.807, 2.05) is 25.1 Å². The van der Waals surface area contributed by atoms with E-state index in [2.05, 4.69) is 17.2 Å². The van der Waals surface area contributed by atoms with Gasteiger partial charge >= 0.3 is 0 Å². The highest BCUT2D eigenvalue weighted by molar-refractivity contribution is 5.94. The fraction of sp³-hybridized carbons (Fsp3) is 0.400. The van der Waals surface area contributed by atoms with Gasteiger partial charge in [0.15, 0.2) is 11.5 Å². The predicted molar refractivity (Wildman–Crippen MR) is 98.1 cm³/mol. The van der Waals surface area contributed by atoms with Gasteiger partial charge in [-0.2, -0.15) is 0 Å². The summed E-state index contributed by atoms with van der Waals surface area (Å²) in [6.45, 7) is 4.78. The number of methoxy groups -OCH3 is 1. The van der Waals surface area contributed by atoms with Crippen molar-refractivity contribution in [2.24, 2.45) is 0 Å². The van der Waals surface area contributed by atoms with Crippen LogP contribution in [0.4, 0.5) is 0 Å². The van der Waals surface area contributed by atoms with E-state index < -0.39 is 0 Å². The molecule has 0 saturated heterocycles. The van der Waals surface area contributed by atoms with Crippen LogP contribution in [0.25, 0.3) is 0 Å². The van der Waals surface area contributed by atoms with Gasteiger partial charge in [0, 0.05) is 18.0 Å². The molecule has 1 atom stereocenters. The van der Waals surface area contributed by atoms with Crippen molar-refractivity contribution in [3.8, 4) is 11.5 Å². The molecule has 0 bridgehead atoms. The number of ether oxygens (including phenoxy) is 2. The number of hydrogen-bond acceptors (Lipinski definition) is 4. The topological polar surface area (TPSA) is 60.5 Å². The van der Waals surface area contributed by atoms with E-state index in [0.717, 1.165) is 30.6 Å². The number of aromatic nitrogens is 1. The molecular weight excluding hydrogens is 316 g/mol. The molecule has 1 aromatic carbocycles. The molecule has 1 N–H and O–H groups in total. The van der Waals surface area contributed by atoms with Crippen LogP contribution in [0.1, 0.15) is 55.1 Å². The lowest BCUT2D eigenvalue weighted by Gasteiger charge is -2.17. The fourth-order valence-corrected chi connectivity index (χ4v) is 2.47. The lowest BCUT2D eigenvalue weighted by atomic mass is 10.1. The molecule has 0 spiro atoms. The van der Waals surface area contributed by atoms with Crippen LogP contribution < -0.4 is 14.8 Å². The van der Waals surface area contributed by atoms with Crippen LogP contribution in [-0.4, -0.2) is 24.6 Å². The molecule has 0 aliphatic rings. The summed E-state index contributed by atoms with van der Waals surface area (Å²) in [5, 5.41) is 2.98. The first-order chi connectivity index (χ1) is 12.2. The van der Waals surface area contributed by atoms with E-state index in [9.17, 15) is 4.79 Å². The molecule has 2 aromatic rings. The van der Waals surface area contributed by atoms with Crippen molar-refractivity contribution >= 4 is 5.91 Å². The minimum absolute atomic E-state index is 0.131. The Labute approximate surface area is 149 Å². The number of carbonyl (C=O) groups excluding carboxylic acids is 1. The molecule has 0 radical (unpaired) electrons. The van der Waals surface area contributed by atoms with Crippen molar-refractivity contribution in [3.63, 3.8) is 0 Å². The Bertz CT molecular complexity index is 674. The molecule has 5 heteroatoms. The molecule has 134 valence electrons. The highest BCUT2D eigenvalue weighted by Crippen LogP contribution is 2.30. The Hall–Kier alpha value is -2.56. The molecule has 0 saturated carbocycles. The monoisotopic (exact) mass is 342 g/mol. The van der Waals surface area contributed by atoms with Gasteiger partial charge < -0.3 is 14.8 Å². The van der Waals surface area contributed by atoms with Gasteiger partial charge in [-0.1, -0.05) is 25.8 Å². The maximum absolute atomic E-state index is 12.3. The van der Waals surface area contributed by atoms with Gasteiger partial charge in [-0.15, -0.1) is 0 Å². The molecule has 2 rings (SSSR count). The molecule has 1 aromatic heterocycles. The first kappa shape index (κ1) is 18.8. The Balaban J connectivity index is 2.02. The maximum atomic E-state index is 12.3. The minimum Gasteiger partial charge on any atom is -0.493 e. The highest BCUT2D eigenvalue weighted by Gasteiger charge is 2.14. The number of amides is 1. The van der Waals surface area contributed by atoms with Crippen LogP contribution in [0.2, 0.25) is 0 Å². The van der Waals surface area contributed by atoms with E-state index in [-0.39, 0.29) is 11.9 Å². The van der Waals surface area contributed by atoms with Crippen molar-refractivity contribution in [3.05, 3.63) is 53.9 Å². The van der Waals surface area contributed by atoms with Crippen LogP contribution in [0.3, 0.4) is 0 Å². The molecule has 1 amide bonds. The number of hydrogen-bond donors (Lipinski definition) is 1. The second-order valence-corrected chi connectivity index (χ2v) is 5.90. The summed E-state index contributed by atoms with van der Waals surface area (Å²) < 4.78 is 11.2. The number of carbonyl (C=O) groups is 1.